The number of nitrogens with zero attached hydrogens (tertiary/aromatic N) is 1. The first kappa shape index (κ1) is 17.0. The molecule has 0 heterocycles. The molecule has 2 saturated carbocycles. The molecule has 0 spiro atoms. The van der Waals surface area contributed by atoms with Gasteiger partial charge in [-0.05, 0) is 43.2 Å². The lowest BCUT2D eigenvalue weighted by atomic mass is 9.85. The number of carbonyl (C=O) groups excluding carboxylic acids is 1. The van der Waals surface area contributed by atoms with Crippen LogP contribution >= 0.6 is 0 Å². The minimum absolute atomic E-state index is 0.0860. The molecular formula is C19H26N2O3. The number of aliphatic carboxylic acids is 1. The molecule has 0 bridgehead atoms. The molecule has 2 atom stereocenters. The molecule has 3 rings (SSSR count). The Balaban J connectivity index is 1.37. The molecule has 2 aliphatic rings. The maximum atomic E-state index is 12.2. The van der Waals surface area contributed by atoms with Crippen LogP contribution in [0.25, 0.3) is 0 Å². The Morgan fingerprint density at radius 2 is 1.92 bits per heavy atom. The van der Waals surface area contributed by atoms with Gasteiger partial charge in [0.25, 0.3) is 0 Å². The summed E-state index contributed by atoms with van der Waals surface area (Å²) in [6.45, 7) is 2.80. The largest absolute Gasteiger partial charge is 0.480 e. The Morgan fingerprint density at radius 3 is 2.54 bits per heavy atom. The number of carbonyl (C=O) groups is 2. The van der Waals surface area contributed by atoms with Crippen LogP contribution in [0.15, 0.2) is 30.3 Å². The Morgan fingerprint density at radius 1 is 1.21 bits per heavy atom. The number of benzene rings is 1. The van der Waals surface area contributed by atoms with Crippen molar-refractivity contribution in [2.75, 3.05) is 13.1 Å². The van der Waals surface area contributed by atoms with Crippen molar-refractivity contribution in [1.29, 1.82) is 0 Å². The highest BCUT2D eigenvalue weighted by Gasteiger charge is 2.40. The molecule has 1 amide bonds. The van der Waals surface area contributed by atoms with Gasteiger partial charge in [-0.3, -0.25) is 14.5 Å². The zero-order valence-electron chi connectivity index (χ0n) is 14.1. The van der Waals surface area contributed by atoms with Gasteiger partial charge in [-0.25, -0.2) is 0 Å². The lowest BCUT2D eigenvalue weighted by molar-refractivity contribution is -0.139. The Labute approximate surface area is 143 Å². The fourth-order valence-corrected chi connectivity index (χ4v) is 3.78. The highest BCUT2D eigenvalue weighted by atomic mass is 16.4. The average Bonchev–Trinajstić information content (AvgIpc) is 3.28. The van der Waals surface area contributed by atoms with E-state index in [9.17, 15) is 9.59 Å². The van der Waals surface area contributed by atoms with Gasteiger partial charge in [0.1, 0.15) is 0 Å². The number of carboxylic acids is 1. The van der Waals surface area contributed by atoms with Gasteiger partial charge in [-0.15, -0.1) is 0 Å². The number of likely N-dealkylation sites (N-methyl/N-ethyl adjacent to an activating group) is 1. The molecule has 0 aliphatic heterocycles. The zero-order valence-corrected chi connectivity index (χ0v) is 14.1. The summed E-state index contributed by atoms with van der Waals surface area (Å²) in [5.41, 5.74) is 1.34. The number of rotatable bonds is 8. The van der Waals surface area contributed by atoms with Crippen LogP contribution in [0.4, 0.5) is 0 Å². The predicted octanol–water partition coefficient (Wildman–Crippen LogP) is 2.23. The molecule has 130 valence electrons. The van der Waals surface area contributed by atoms with Crippen LogP contribution in [0.3, 0.4) is 0 Å². The molecule has 24 heavy (non-hydrogen) atoms. The van der Waals surface area contributed by atoms with E-state index < -0.39 is 5.97 Å². The summed E-state index contributed by atoms with van der Waals surface area (Å²) < 4.78 is 0. The third-order valence-corrected chi connectivity index (χ3v) is 5.34. The van der Waals surface area contributed by atoms with Crippen molar-refractivity contribution in [3.05, 3.63) is 35.9 Å². The van der Waals surface area contributed by atoms with E-state index in [0.29, 0.717) is 18.3 Å². The third kappa shape index (κ3) is 4.15. The second-order valence-corrected chi connectivity index (χ2v) is 7.06. The zero-order chi connectivity index (χ0) is 17.1. The molecule has 1 aromatic carbocycles. The van der Waals surface area contributed by atoms with Gasteiger partial charge >= 0.3 is 5.97 Å². The van der Waals surface area contributed by atoms with Crippen LogP contribution in [0.5, 0.6) is 0 Å². The van der Waals surface area contributed by atoms with Gasteiger partial charge in [0.15, 0.2) is 0 Å². The van der Waals surface area contributed by atoms with Gasteiger partial charge in [0, 0.05) is 18.5 Å². The molecule has 1 aromatic rings. The van der Waals surface area contributed by atoms with E-state index in [-0.39, 0.29) is 24.5 Å². The fraction of sp³-hybridized carbons (Fsp3) is 0.579. The summed E-state index contributed by atoms with van der Waals surface area (Å²) in [6.07, 6.45) is 3.43. The predicted molar refractivity (Wildman–Crippen MR) is 91.7 cm³/mol. The standard InChI is InChI=1S/C19H26N2O3/c1-2-21(12-19(23)24)16-10-15(11-16)20-18(22)9-14-8-17(14)13-6-4-3-5-7-13/h3-7,14-17H,2,8-12H2,1H3,(H,20,22)(H,23,24)/t14-,15?,16?,17-/m0/s1. The SMILES string of the molecule is CCN(CC(=O)O)C1CC(NC(=O)C[C@@H]2C[C@H]2c2ccccc2)C1. The van der Waals surface area contributed by atoms with Crippen LogP contribution in [0.1, 0.15) is 44.1 Å². The molecule has 5 heteroatoms. The summed E-state index contributed by atoms with van der Waals surface area (Å²) in [5.74, 6) is 0.368. The first-order valence-corrected chi connectivity index (χ1v) is 8.87. The summed E-state index contributed by atoms with van der Waals surface area (Å²) in [5, 5.41) is 12.0. The fourth-order valence-electron chi connectivity index (χ4n) is 3.78. The molecule has 0 unspecified atom stereocenters. The molecular weight excluding hydrogens is 304 g/mol. The highest BCUT2D eigenvalue weighted by molar-refractivity contribution is 5.77. The normalized spacial score (nSPS) is 28.2. The second kappa shape index (κ2) is 7.34. The lowest BCUT2D eigenvalue weighted by Gasteiger charge is -2.42. The van der Waals surface area contributed by atoms with Gasteiger partial charge in [0.05, 0.1) is 6.54 Å². The van der Waals surface area contributed by atoms with Crippen molar-refractivity contribution in [3.63, 3.8) is 0 Å². The van der Waals surface area contributed by atoms with Crippen molar-refractivity contribution in [2.45, 2.75) is 50.6 Å². The van der Waals surface area contributed by atoms with Crippen molar-refractivity contribution in [3.8, 4) is 0 Å². The van der Waals surface area contributed by atoms with E-state index >= 15 is 0 Å². The molecule has 2 aliphatic carbocycles. The first-order chi connectivity index (χ1) is 11.6. The van der Waals surface area contributed by atoms with E-state index in [1.807, 2.05) is 17.9 Å². The summed E-state index contributed by atoms with van der Waals surface area (Å²) in [6, 6.07) is 10.9. The smallest absolute Gasteiger partial charge is 0.317 e. The number of hydrogen-bond donors (Lipinski definition) is 2. The van der Waals surface area contributed by atoms with Crippen LogP contribution in [-0.2, 0) is 9.59 Å². The molecule has 2 fully saturated rings. The number of amides is 1. The molecule has 0 aromatic heterocycles. The van der Waals surface area contributed by atoms with E-state index in [4.69, 9.17) is 5.11 Å². The summed E-state index contributed by atoms with van der Waals surface area (Å²) >= 11 is 0. The molecule has 0 saturated heterocycles. The topological polar surface area (TPSA) is 69.6 Å². The minimum Gasteiger partial charge on any atom is -0.480 e. The van der Waals surface area contributed by atoms with Crippen LogP contribution < -0.4 is 5.32 Å². The third-order valence-electron chi connectivity index (χ3n) is 5.34. The van der Waals surface area contributed by atoms with E-state index in [1.54, 1.807) is 0 Å². The number of hydrogen-bond acceptors (Lipinski definition) is 3. The molecule has 2 N–H and O–H groups in total. The summed E-state index contributed by atoms with van der Waals surface area (Å²) in [7, 11) is 0. The minimum atomic E-state index is -0.787. The Kier molecular flexibility index (Phi) is 5.19. The number of nitrogens with one attached hydrogen (secondary N) is 1. The molecule has 0 radical (unpaired) electrons. The summed E-state index contributed by atoms with van der Waals surface area (Å²) in [4.78, 5) is 25.0. The Hall–Kier alpha value is -1.88. The highest BCUT2D eigenvalue weighted by Crippen LogP contribution is 2.49. The average molecular weight is 330 g/mol. The van der Waals surface area contributed by atoms with Gasteiger partial charge in [0.2, 0.25) is 5.91 Å². The lowest BCUT2D eigenvalue weighted by Crippen LogP contribution is -2.54. The maximum absolute atomic E-state index is 12.2. The monoisotopic (exact) mass is 330 g/mol. The maximum Gasteiger partial charge on any atom is 0.317 e. The van der Waals surface area contributed by atoms with Crippen molar-refractivity contribution in [2.24, 2.45) is 5.92 Å². The second-order valence-electron chi connectivity index (χ2n) is 7.06. The Bertz CT molecular complexity index is 584. The van der Waals surface area contributed by atoms with E-state index in [0.717, 1.165) is 25.8 Å². The van der Waals surface area contributed by atoms with Crippen LogP contribution in [0.2, 0.25) is 0 Å². The van der Waals surface area contributed by atoms with Gasteiger partial charge < -0.3 is 10.4 Å². The first-order valence-electron chi connectivity index (χ1n) is 8.87. The molecule has 5 nitrogen and oxygen atoms in total. The van der Waals surface area contributed by atoms with E-state index in [1.165, 1.54) is 5.56 Å². The van der Waals surface area contributed by atoms with Crippen LogP contribution in [-0.4, -0.2) is 47.1 Å². The van der Waals surface area contributed by atoms with Crippen LogP contribution in [0, 0.1) is 5.92 Å². The van der Waals surface area contributed by atoms with Crippen molar-refractivity contribution >= 4 is 11.9 Å². The quantitative estimate of drug-likeness (QED) is 0.767. The van der Waals surface area contributed by atoms with Crippen molar-refractivity contribution < 1.29 is 14.7 Å². The van der Waals surface area contributed by atoms with Gasteiger partial charge in [-0.2, -0.15) is 0 Å². The van der Waals surface area contributed by atoms with Crippen molar-refractivity contribution in [1.82, 2.24) is 10.2 Å². The van der Waals surface area contributed by atoms with Gasteiger partial charge in [-0.1, -0.05) is 37.3 Å². The van der Waals surface area contributed by atoms with E-state index in [2.05, 4.69) is 29.6 Å². The number of carboxylic acid groups (broad SMARTS) is 1.